The third-order valence-electron chi connectivity index (χ3n) is 5.14. The Kier molecular flexibility index (Phi) is 5.52. The van der Waals surface area contributed by atoms with E-state index in [1.165, 1.54) is 12.1 Å². The van der Waals surface area contributed by atoms with Crippen molar-refractivity contribution in [2.45, 2.75) is 11.8 Å². The summed E-state index contributed by atoms with van der Waals surface area (Å²) in [6.45, 7) is 2.41. The number of rotatable bonds is 7. The molecule has 0 saturated carbocycles. The second-order valence-electron chi connectivity index (χ2n) is 7.41. The van der Waals surface area contributed by atoms with Crippen molar-refractivity contribution in [2.75, 3.05) is 12.1 Å². The number of nitrogens with one attached hydrogen (secondary N) is 2. The van der Waals surface area contributed by atoms with Crippen LogP contribution in [0.3, 0.4) is 0 Å². The van der Waals surface area contributed by atoms with Gasteiger partial charge in [0.25, 0.3) is 0 Å². The normalized spacial score (nSPS) is 12.7. The van der Waals surface area contributed by atoms with Crippen molar-refractivity contribution in [3.8, 4) is 11.6 Å². The van der Waals surface area contributed by atoms with E-state index in [4.69, 9.17) is 9.02 Å². The number of fused-ring (bicyclic) bond motifs is 2. The van der Waals surface area contributed by atoms with Crippen molar-refractivity contribution < 1.29 is 22.5 Å². The van der Waals surface area contributed by atoms with Gasteiger partial charge in [0.15, 0.2) is 11.7 Å². The van der Waals surface area contributed by atoms with Gasteiger partial charge < -0.3 is 14.8 Å². The molecule has 0 fully saturated rings. The zero-order chi connectivity index (χ0) is 23.7. The van der Waals surface area contributed by atoms with Gasteiger partial charge in [0.05, 0.1) is 27.9 Å². The molecule has 1 aliphatic heterocycles. The van der Waals surface area contributed by atoms with Gasteiger partial charge in [0.2, 0.25) is 0 Å². The Balaban J connectivity index is 1.43. The van der Waals surface area contributed by atoms with Gasteiger partial charge in [-0.2, -0.15) is 8.42 Å². The van der Waals surface area contributed by atoms with E-state index in [0.29, 0.717) is 40.3 Å². The van der Waals surface area contributed by atoms with E-state index >= 15 is 0 Å². The SMILES string of the molecule is CCOc1ccc(NOS(=O)(=O)c2ccc3[nH]c(O)c(C=C4N=c5ccccc5=N4)c3c2)cc1. The van der Waals surface area contributed by atoms with Crippen LogP contribution in [0.4, 0.5) is 5.69 Å². The van der Waals surface area contributed by atoms with Crippen LogP contribution in [-0.4, -0.2) is 25.1 Å². The van der Waals surface area contributed by atoms with Crippen LogP contribution in [0.15, 0.2) is 87.4 Å². The Morgan fingerprint density at radius 2 is 1.74 bits per heavy atom. The summed E-state index contributed by atoms with van der Waals surface area (Å²) in [4.78, 5) is 11.6. The Hall–Kier alpha value is -4.15. The second kappa shape index (κ2) is 8.65. The van der Waals surface area contributed by atoms with Crippen molar-refractivity contribution in [1.82, 2.24) is 4.98 Å². The third kappa shape index (κ3) is 4.24. The number of para-hydroxylation sites is 2. The van der Waals surface area contributed by atoms with Gasteiger partial charge >= 0.3 is 10.1 Å². The van der Waals surface area contributed by atoms with Crippen LogP contribution in [0.2, 0.25) is 0 Å². The molecule has 9 nitrogen and oxygen atoms in total. The number of aromatic amines is 1. The van der Waals surface area contributed by atoms with E-state index in [0.717, 1.165) is 10.7 Å². The van der Waals surface area contributed by atoms with Gasteiger partial charge in [0.1, 0.15) is 5.75 Å². The molecule has 0 spiro atoms. The lowest BCUT2D eigenvalue weighted by Gasteiger charge is -2.09. The molecule has 0 unspecified atom stereocenters. The lowest BCUT2D eigenvalue weighted by Crippen LogP contribution is -2.19. The Morgan fingerprint density at radius 1 is 1.03 bits per heavy atom. The van der Waals surface area contributed by atoms with Crippen LogP contribution in [0, 0.1) is 0 Å². The van der Waals surface area contributed by atoms with Gasteiger partial charge in [-0.1, -0.05) is 12.1 Å². The van der Waals surface area contributed by atoms with Gasteiger partial charge in [-0.05, 0) is 67.6 Å². The number of nitrogens with zero attached hydrogens (tertiary/aromatic N) is 2. The summed E-state index contributed by atoms with van der Waals surface area (Å²) in [7, 11) is -4.15. The maximum Gasteiger partial charge on any atom is 0.317 e. The van der Waals surface area contributed by atoms with E-state index in [2.05, 4.69) is 20.4 Å². The highest BCUT2D eigenvalue weighted by atomic mass is 32.2. The number of aromatic nitrogens is 1. The lowest BCUT2D eigenvalue weighted by atomic mass is 10.1. The maximum atomic E-state index is 12.8. The number of benzene rings is 3. The molecule has 3 aromatic carbocycles. The number of aromatic hydroxyl groups is 1. The summed E-state index contributed by atoms with van der Waals surface area (Å²) >= 11 is 0. The number of ether oxygens (including phenoxy) is 1. The average Bonchev–Trinajstić information content (AvgIpc) is 3.38. The minimum absolute atomic E-state index is 0.0827. The van der Waals surface area contributed by atoms with Crippen molar-refractivity contribution >= 4 is 32.8 Å². The molecule has 0 saturated heterocycles. The molecule has 0 aliphatic carbocycles. The maximum absolute atomic E-state index is 12.8. The molecule has 5 rings (SSSR count). The minimum atomic E-state index is -4.15. The largest absolute Gasteiger partial charge is 0.494 e. The number of anilines is 1. The summed E-state index contributed by atoms with van der Waals surface area (Å²) < 4.78 is 36.0. The van der Waals surface area contributed by atoms with Crippen molar-refractivity contribution in [3.63, 3.8) is 0 Å². The molecule has 172 valence electrons. The second-order valence-corrected chi connectivity index (χ2v) is 8.95. The molecular weight excluding hydrogens is 456 g/mol. The smallest absolute Gasteiger partial charge is 0.317 e. The molecule has 3 N–H and O–H groups in total. The van der Waals surface area contributed by atoms with E-state index < -0.39 is 10.1 Å². The molecule has 2 heterocycles. The van der Waals surface area contributed by atoms with Crippen molar-refractivity contribution in [3.05, 3.63) is 88.8 Å². The Bertz CT molecular complexity index is 1600. The quantitative estimate of drug-likeness (QED) is 0.352. The molecule has 4 aromatic rings. The first kappa shape index (κ1) is 21.7. The Morgan fingerprint density at radius 3 is 2.41 bits per heavy atom. The van der Waals surface area contributed by atoms with E-state index in [9.17, 15) is 13.5 Å². The first-order valence-corrected chi connectivity index (χ1v) is 11.8. The highest BCUT2D eigenvalue weighted by Crippen LogP contribution is 2.32. The first-order valence-electron chi connectivity index (χ1n) is 10.4. The fourth-order valence-corrected chi connectivity index (χ4v) is 4.33. The summed E-state index contributed by atoms with van der Waals surface area (Å²) in [5.74, 6) is 0.949. The molecule has 0 radical (unpaired) electrons. The zero-order valence-electron chi connectivity index (χ0n) is 18.0. The van der Waals surface area contributed by atoms with Crippen LogP contribution in [-0.2, 0) is 14.4 Å². The third-order valence-corrected chi connectivity index (χ3v) is 6.27. The molecule has 0 amide bonds. The van der Waals surface area contributed by atoms with Crippen LogP contribution in [0.1, 0.15) is 12.5 Å². The van der Waals surface area contributed by atoms with Crippen LogP contribution >= 0.6 is 0 Å². The van der Waals surface area contributed by atoms with Crippen LogP contribution < -0.4 is 20.9 Å². The molecular formula is C24H20N4O5S. The molecule has 0 bridgehead atoms. The summed E-state index contributed by atoms with van der Waals surface area (Å²) in [6.07, 6.45) is 1.60. The standard InChI is InChI=1S/C24H20N4O5S/c1-2-32-16-9-7-15(8-10-16)28-33-34(30,31)17-11-12-20-18(13-17)19(24(29)27-20)14-23-25-21-5-3-4-6-22(21)26-23/h3-14,27-29H,2H2,1H3. The monoisotopic (exact) mass is 476 g/mol. The van der Waals surface area contributed by atoms with Gasteiger partial charge in [-0.25, -0.2) is 15.5 Å². The van der Waals surface area contributed by atoms with Crippen LogP contribution in [0.25, 0.3) is 17.0 Å². The zero-order valence-corrected chi connectivity index (χ0v) is 18.8. The Labute approximate surface area is 194 Å². The van der Waals surface area contributed by atoms with Gasteiger partial charge in [0, 0.05) is 16.5 Å². The average molecular weight is 477 g/mol. The molecule has 10 heteroatoms. The number of hydrogen-bond donors (Lipinski definition) is 3. The topological polar surface area (TPSA) is 125 Å². The summed E-state index contributed by atoms with van der Waals surface area (Å²) in [5, 5.41) is 12.4. The molecule has 1 aromatic heterocycles. The predicted octanol–water partition coefficient (Wildman–Crippen LogP) is 3.26. The van der Waals surface area contributed by atoms with Crippen molar-refractivity contribution in [1.29, 1.82) is 0 Å². The van der Waals surface area contributed by atoms with Crippen molar-refractivity contribution in [2.24, 2.45) is 9.98 Å². The van der Waals surface area contributed by atoms with Crippen LogP contribution in [0.5, 0.6) is 11.6 Å². The highest BCUT2D eigenvalue weighted by molar-refractivity contribution is 7.86. The predicted molar refractivity (Wildman–Crippen MR) is 126 cm³/mol. The molecule has 0 atom stereocenters. The van der Waals surface area contributed by atoms with E-state index in [-0.39, 0.29) is 10.8 Å². The fraction of sp³-hybridized carbons (Fsp3) is 0.0833. The van der Waals surface area contributed by atoms with Gasteiger partial charge in [-0.15, -0.1) is 4.28 Å². The summed E-state index contributed by atoms with van der Waals surface area (Å²) in [5.41, 5.74) is 3.82. The fourth-order valence-electron chi connectivity index (χ4n) is 3.53. The van der Waals surface area contributed by atoms with E-state index in [1.54, 1.807) is 36.4 Å². The highest BCUT2D eigenvalue weighted by Gasteiger charge is 2.19. The summed E-state index contributed by atoms with van der Waals surface area (Å²) in [6, 6.07) is 18.5. The van der Waals surface area contributed by atoms with E-state index in [1.807, 2.05) is 31.2 Å². The lowest BCUT2D eigenvalue weighted by molar-refractivity contribution is 0.340. The first-order chi connectivity index (χ1) is 16.4. The number of hydrogen-bond acceptors (Lipinski definition) is 8. The molecule has 34 heavy (non-hydrogen) atoms. The van der Waals surface area contributed by atoms with Gasteiger partial charge in [-0.3, -0.25) is 0 Å². The molecule has 1 aliphatic rings. The minimum Gasteiger partial charge on any atom is -0.494 e. The number of H-pyrrole nitrogens is 1.